The number of rotatable bonds is 2. The molecule has 23 heavy (non-hydrogen) atoms. The van der Waals surface area contributed by atoms with Gasteiger partial charge in [-0.25, -0.2) is 8.42 Å². The summed E-state index contributed by atoms with van der Waals surface area (Å²) in [5.74, 6) is 0.255. The predicted molar refractivity (Wildman–Crippen MR) is 87.1 cm³/mol. The Bertz CT molecular complexity index is 904. The number of fused-ring (bicyclic) bond motifs is 2. The van der Waals surface area contributed by atoms with Crippen molar-refractivity contribution in [3.8, 4) is 0 Å². The van der Waals surface area contributed by atoms with E-state index in [1.807, 2.05) is 31.2 Å². The highest BCUT2D eigenvalue weighted by atomic mass is 32.2. The standard InChI is InChI=1S/C18H17NO3S/c1-11-5-7-13(8-6-11)23(20,21)19-10-12-9-16-18(22-16)14-3-2-4-15(19)17(12)14/h2-8,12,16,18H,9-10H2,1H3/t12-,16-,18+/m0/s1. The third-order valence-corrected chi connectivity index (χ3v) is 6.99. The van der Waals surface area contributed by atoms with Crippen molar-refractivity contribution in [2.45, 2.75) is 36.4 Å². The number of sulfonamides is 1. The van der Waals surface area contributed by atoms with E-state index in [2.05, 4.69) is 6.07 Å². The lowest BCUT2D eigenvalue weighted by atomic mass is 9.84. The number of aryl methyl sites for hydroxylation is 1. The zero-order chi connectivity index (χ0) is 15.8. The van der Waals surface area contributed by atoms with Crippen molar-refractivity contribution in [3.05, 3.63) is 59.2 Å². The van der Waals surface area contributed by atoms with Crippen LogP contribution >= 0.6 is 0 Å². The van der Waals surface area contributed by atoms with Crippen LogP contribution in [-0.2, 0) is 14.8 Å². The van der Waals surface area contributed by atoms with Gasteiger partial charge in [-0.05, 0) is 42.7 Å². The molecule has 3 atom stereocenters. The van der Waals surface area contributed by atoms with Crippen LogP contribution < -0.4 is 4.31 Å². The Kier molecular flexibility index (Phi) is 2.58. The molecular formula is C18H17NO3S. The molecule has 1 fully saturated rings. The van der Waals surface area contributed by atoms with Crippen LogP contribution in [0.25, 0.3) is 0 Å². The number of epoxide rings is 1. The molecule has 1 saturated heterocycles. The first kappa shape index (κ1) is 13.6. The highest BCUT2D eigenvalue weighted by Crippen LogP contribution is 2.56. The number of nitrogens with zero attached hydrogens (tertiary/aromatic N) is 1. The van der Waals surface area contributed by atoms with Crippen molar-refractivity contribution in [3.63, 3.8) is 0 Å². The summed E-state index contributed by atoms with van der Waals surface area (Å²) < 4.78 is 33.5. The maximum atomic E-state index is 13.1. The molecule has 0 unspecified atom stereocenters. The molecule has 1 aliphatic carbocycles. The fraction of sp³-hybridized carbons (Fsp3) is 0.333. The second-order valence-electron chi connectivity index (χ2n) is 6.66. The van der Waals surface area contributed by atoms with Gasteiger partial charge in [0.25, 0.3) is 10.0 Å². The molecular weight excluding hydrogens is 310 g/mol. The van der Waals surface area contributed by atoms with Crippen molar-refractivity contribution < 1.29 is 13.2 Å². The van der Waals surface area contributed by atoms with Crippen LogP contribution in [0.2, 0.25) is 0 Å². The highest BCUT2D eigenvalue weighted by Gasteiger charge is 2.52. The van der Waals surface area contributed by atoms with E-state index in [0.29, 0.717) is 11.4 Å². The molecule has 5 rings (SSSR count). The van der Waals surface area contributed by atoms with Crippen molar-refractivity contribution >= 4 is 15.7 Å². The van der Waals surface area contributed by atoms with Crippen LogP contribution in [0.4, 0.5) is 5.69 Å². The molecule has 3 aliphatic rings. The summed E-state index contributed by atoms with van der Waals surface area (Å²) >= 11 is 0. The number of hydrogen-bond donors (Lipinski definition) is 0. The Morgan fingerprint density at radius 2 is 1.91 bits per heavy atom. The van der Waals surface area contributed by atoms with Gasteiger partial charge in [-0.15, -0.1) is 0 Å². The van der Waals surface area contributed by atoms with Crippen molar-refractivity contribution in [1.29, 1.82) is 0 Å². The molecule has 2 heterocycles. The van der Waals surface area contributed by atoms with Crippen molar-refractivity contribution in [2.75, 3.05) is 10.8 Å². The molecule has 0 radical (unpaired) electrons. The van der Waals surface area contributed by atoms with E-state index in [9.17, 15) is 8.42 Å². The van der Waals surface area contributed by atoms with E-state index in [0.717, 1.165) is 17.7 Å². The Hall–Kier alpha value is -1.85. The summed E-state index contributed by atoms with van der Waals surface area (Å²) in [6, 6.07) is 13.0. The largest absolute Gasteiger partial charge is 0.364 e. The van der Waals surface area contributed by atoms with Gasteiger partial charge in [0.05, 0.1) is 16.7 Å². The smallest absolute Gasteiger partial charge is 0.264 e. The fourth-order valence-electron chi connectivity index (χ4n) is 4.00. The average molecular weight is 327 g/mol. The van der Waals surface area contributed by atoms with Crippen LogP contribution in [0.5, 0.6) is 0 Å². The molecule has 0 aromatic heterocycles. The second kappa shape index (κ2) is 4.36. The van der Waals surface area contributed by atoms with Gasteiger partial charge in [0.1, 0.15) is 6.10 Å². The summed E-state index contributed by atoms with van der Waals surface area (Å²) in [4.78, 5) is 0.362. The monoisotopic (exact) mass is 327 g/mol. The van der Waals surface area contributed by atoms with Gasteiger partial charge in [0, 0.05) is 12.5 Å². The Morgan fingerprint density at radius 1 is 1.13 bits per heavy atom. The van der Waals surface area contributed by atoms with Gasteiger partial charge in [-0.1, -0.05) is 29.8 Å². The highest BCUT2D eigenvalue weighted by molar-refractivity contribution is 7.92. The van der Waals surface area contributed by atoms with Gasteiger partial charge in [0.15, 0.2) is 0 Å². The maximum Gasteiger partial charge on any atom is 0.264 e. The van der Waals surface area contributed by atoms with Gasteiger partial charge >= 0.3 is 0 Å². The molecule has 118 valence electrons. The summed E-state index contributed by atoms with van der Waals surface area (Å²) in [7, 11) is -3.51. The molecule has 0 N–H and O–H groups in total. The average Bonchev–Trinajstić information content (AvgIpc) is 3.22. The third-order valence-electron chi connectivity index (χ3n) is 5.19. The minimum absolute atomic E-state index is 0.184. The first-order chi connectivity index (χ1) is 11.1. The lowest BCUT2D eigenvalue weighted by molar-refractivity contribution is 0.366. The summed E-state index contributed by atoms with van der Waals surface area (Å²) in [6.45, 7) is 2.48. The van der Waals surface area contributed by atoms with Crippen LogP contribution in [0.15, 0.2) is 47.4 Å². The molecule has 2 aromatic carbocycles. The molecule has 2 aliphatic heterocycles. The van der Waals surface area contributed by atoms with E-state index in [4.69, 9.17) is 4.74 Å². The van der Waals surface area contributed by atoms with Gasteiger partial charge in [0.2, 0.25) is 0 Å². The first-order valence-corrected chi connectivity index (χ1v) is 9.37. The Labute approximate surface area is 135 Å². The summed E-state index contributed by atoms with van der Waals surface area (Å²) in [5.41, 5.74) is 4.26. The van der Waals surface area contributed by atoms with Crippen LogP contribution in [0.3, 0.4) is 0 Å². The Morgan fingerprint density at radius 3 is 2.70 bits per heavy atom. The lowest BCUT2D eigenvalue weighted by Crippen LogP contribution is -2.30. The molecule has 0 saturated carbocycles. The molecule has 4 nitrogen and oxygen atoms in total. The van der Waals surface area contributed by atoms with E-state index in [-0.39, 0.29) is 18.1 Å². The maximum absolute atomic E-state index is 13.1. The topological polar surface area (TPSA) is 49.9 Å². The minimum Gasteiger partial charge on any atom is -0.364 e. The molecule has 2 aromatic rings. The van der Waals surface area contributed by atoms with Crippen molar-refractivity contribution in [2.24, 2.45) is 0 Å². The molecule has 5 heteroatoms. The van der Waals surface area contributed by atoms with E-state index in [1.54, 1.807) is 16.4 Å². The normalized spacial score (nSPS) is 27.5. The number of anilines is 1. The summed E-state index contributed by atoms with van der Waals surface area (Å²) in [5, 5.41) is 0. The number of ether oxygens (including phenoxy) is 1. The lowest BCUT2D eigenvalue weighted by Gasteiger charge is -2.20. The van der Waals surface area contributed by atoms with Crippen molar-refractivity contribution in [1.82, 2.24) is 0 Å². The van der Waals surface area contributed by atoms with Gasteiger partial charge in [-0.2, -0.15) is 0 Å². The fourth-order valence-corrected chi connectivity index (χ4v) is 5.53. The minimum atomic E-state index is -3.51. The first-order valence-electron chi connectivity index (χ1n) is 7.93. The van der Waals surface area contributed by atoms with Gasteiger partial charge < -0.3 is 4.74 Å². The van der Waals surface area contributed by atoms with E-state index < -0.39 is 10.0 Å². The quantitative estimate of drug-likeness (QED) is 0.796. The SMILES string of the molecule is Cc1ccc(S(=O)(=O)N2C[C@@H]3C[C@@H]4O[C@@H]4c4cccc2c43)cc1. The number of hydrogen-bond acceptors (Lipinski definition) is 3. The second-order valence-corrected chi connectivity index (χ2v) is 8.52. The van der Waals surface area contributed by atoms with Crippen LogP contribution in [0.1, 0.15) is 35.1 Å². The van der Waals surface area contributed by atoms with Crippen LogP contribution in [-0.4, -0.2) is 21.1 Å². The summed E-state index contributed by atoms with van der Waals surface area (Å²) in [6.07, 6.45) is 1.39. The van der Waals surface area contributed by atoms with E-state index in [1.165, 1.54) is 11.1 Å². The number of benzene rings is 2. The molecule has 0 spiro atoms. The zero-order valence-electron chi connectivity index (χ0n) is 12.8. The predicted octanol–water partition coefficient (Wildman–Crippen LogP) is 3.13. The van der Waals surface area contributed by atoms with Crippen LogP contribution in [0, 0.1) is 6.92 Å². The van der Waals surface area contributed by atoms with E-state index >= 15 is 0 Å². The third kappa shape index (κ3) is 1.83. The Balaban J connectivity index is 1.63. The van der Waals surface area contributed by atoms with Gasteiger partial charge in [-0.3, -0.25) is 4.31 Å². The zero-order valence-corrected chi connectivity index (χ0v) is 13.6. The molecule has 0 bridgehead atoms. The molecule has 0 amide bonds.